The third-order valence-corrected chi connectivity index (χ3v) is 8.47. The molecule has 1 aromatic heterocycles. The molecule has 2 aliphatic rings. The quantitative estimate of drug-likeness (QED) is 0.358. The number of halogens is 3. The summed E-state index contributed by atoms with van der Waals surface area (Å²) in [6.07, 6.45) is -1.74. The second-order valence-electron chi connectivity index (χ2n) is 10.3. The fourth-order valence-corrected chi connectivity index (χ4v) is 6.06. The molecule has 2 amide bonds. The van der Waals surface area contributed by atoms with E-state index in [1.807, 2.05) is 42.1 Å². The van der Waals surface area contributed by atoms with Crippen molar-refractivity contribution in [3.05, 3.63) is 77.6 Å². The topological polar surface area (TPSA) is 106 Å². The molecule has 2 N–H and O–H groups in total. The molecule has 2 aromatic carbocycles. The predicted octanol–water partition coefficient (Wildman–Crippen LogP) is 4.74. The maximum Gasteiger partial charge on any atom is 0.471 e. The number of hydrogen-bond acceptors (Lipinski definition) is 7. The molecule has 4 atom stereocenters. The van der Waals surface area contributed by atoms with Crippen molar-refractivity contribution in [2.75, 3.05) is 17.6 Å². The van der Waals surface area contributed by atoms with Crippen LogP contribution in [-0.4, -0.2) is 62.0 Å². The third-order valence-electron chi connectivity index (χ3n) is 7.28. The minimum atomic E-state index is -5.04. The van der Waals surface area contributed by atoms with Gasteiger partial charge in [0.25, 0.3) is 0 Å². The zero-order valence-electron chi connectivity index (χ0n) is 22.8. The molecule has 2 aliphatic heterocycles. The Morgan fingerprint density at radius 1 is 1.14 bits per heavy atom. The lowest BCUT2D eigenvalue weighted by molar-refractivity contribution is -0.245. The van der Waals surface area contributed by atoms with Crippen LogP contribution in [0.2, 0.25) is 0 Å². The number of alkyl halides is 3. The largest absolute Gasteiger partial charge is 0.471 e. The molecular weight excluding hydrogens is 573 g/mol. The minimum Gasteiger partial charge on any atom is -0.392 e. The Kier molecular flexibility index (Phi) is 9.21. The number of benzene rings is 2. The lowest BCUT2D eigenvalue weighted by Crippen LogP contribution is -2.48. The SMILES string of the molecule is Cn1ccnc1SC[C@H]1C[C@@H](c2ccc(CO)cc2)O[C@@H](c2cccc(NC(=O)[C@@H]3CCCN3C(=O)C(F)(F)F)c2)O1. The second kappa shape index (κ2) is 12.9. The van der Waals surface area contributed by atoms with Gasteiger partial charge in [-0.2, -0.15) is 13.2 Å². The molecule has 5 rings (SSSR count). The number of aliphatic hydroxyl groups excluding tert-OH is 1. The van der Waals surface area contributed by atoms with Crippen LogP contribution in [0.25, 0.3) is 0 Å². The number of rotatable bonds is 8. The van der Waals surface area contributed by atoms with E-state index in [1.54, 1.807) is 42.2 Å². The fourth-order valence-electron chi connectivity index (χ4n) is 5.12. The summed E-state index contributed by atoms with van der Waals surface area (Å²) in [5.74, 6) is -2.08. The molecule has 13 heteroatoms. The smallest absolute Gasteiger partial charge is 0.392 e. The number of aromatic nitrogens is 2. The van der Waals surface area contributed by atoms with E-state index in [0.717, 1.165) is 16.3 Å². The number of amides is 2. The van der Waals surface area contributed by atoms with E-state index < -0.39 is 30.3 Å². The van der Waals surface area contributed by atoms with E-state index in [9.17, 15) is 27.9 Å². The summed E-state index contributed by atoms with van der Waals surface area (Å²) in [5, 5.41) is 12.9. The van der Waals surface area contributed by atoms with Gasteiger partial charge in [0, 0.05) is 49.4 Å². The molecule has 3 heterocycles. The summed E-state index contributed by atoms with van der Waals surface area (Å²) in [5.41, 5.74) is 2.67. The van der Waals surface area contributed by atoms with E-state index in [2.05, 4.69) is 10.3 Å². The highest BCUT2D eigenvalue weighted by molar-refractivity contribution is 7.99. The van der Waals surface area contributed by atoms with E-state index >= 15 is 0 Å². The van der Waals surface area contributed by atoms with Crippen LogP contribution >= 0.6 is 11.8 Å². The zero-order chi connectivity index (χ0) is 29.9. The number of thioether (sulfide) groups is 1. The van der Waals surface area contributed by atoms with Crippen molar-refractivity contribution in [1.29, 1.82) is 0 Å². The van der Waals surface area contributed by atoms with Crippen LogP contribution in [-0.2, 0) is 32.7 Å². The molecule has 42 heavy (non-hydrogen) atoms. The number of ether oxygens (including phenoxy) is 2. The van der Waals surface area contributed by atoms with Gasteiger partial charge in [0.15, 0.2) is 11.4 Å². The molecular formula is C29H31F3N4O5S. The predicted molar refractivity (Wildman–Crippen MR) is 148 cm³/mol. The van der Waals surface area contributed by atoms with E-state index in [0.29, 0.717) is 34.7 Å². The number of carbonyl (C=O) groups is 2. The van der Waals surface area contributed by atoms with Crippen molar-refractivity contribution >= 4 is 29.3 Å². The van der Waals surface area contributed by atoms with Crippen LogP contribution < -0.4 is 5.32 Å². The van der Waals surface area contributed by atoms with Crippen molar-refractivity contribution in [3.63, 3.8) is 0 Å². The van der Waals surface area contributed by atoms with Gasteiger partial charge in [-0.1, -0.05) is 48.2 Å². The number of nitrogens with zero attached hydrogens (tertiary/aromatic N) is 3. The van der Waals surface area contributed by atoms with Crippen LogP contribution in [0.15, 0.2) is 66.1 Å². The highest BCUT2D eigenvalue weighted by atomic mass is 32.2. The van der Waals surface area contributed by atoms with E-state index in [-0.39, 0.29) is 31.8 Å². The molecule has 0 saturated carbocycles. The van der Waals surface area contributed by atoms with Crippen LogP contribution in [0.3, 0.4) is 0 Å². The first kappa shape index (κ1) is 30.1. The Bertz CT molecular complexity index is 1400. The molecule has 0 aliphatic carbocycles. The first-order chi connectivity index (χ1) is 20.1. The van der Waals surface area contributed by atoms with Gasteiger partial charge < -0.3 is 29.4 Å². The van der Waals surface area contributed by atoms with Crippen molar-refractivity contribution in [2.45, 2.75) is 61.7 Å². The summed E-state index contributed by atoms with van der Waals surface area (Å²) >= 11 is 1.56. The second-order valence-corrected chi connectivity index (χ2v) is 11.2. The third kappa shape index (κ3) is 6.97. The van der Waals surface area contributed by atoms with Gasteiger partial charge in [-0.3, -0.25) is 9.59 Å². The minimum absolute atomic E-state index is 0.0675. The Labute approximate surface area is 245 Å². The van der Waals surface area contributed by atoms with Crippen LogP contribution in [0, 0.1) is 0 Å². The summed E-state index contributed by atoms with van der Waals surface area (Å²) in [6.45, 7) is -0.194. The Balaban J connectivity index is 1.32. The van der Waals surface area contributed by atoms with E-state index in [4.69, 9.17) is 9.47 Å². The Morgan fingerprint density at radius 3 is 2.62 bits per heavy atom. The van der Waals surface area contributed by atoms with Gasteiger partial charge in [0.05, 0.1) is 18.8 Å². The number of nitrogens with one attached hydrogen (secondary N) is 1. The molecule has 224 valence electrons. The van der Waals surface area contributed by atoms with E-state index in [1.165, 1.54) is 0 Å². The molecule has 0 spiro atoms. The number of carbonyl (C=O) groups excluding carboxylic acids is 2. The summed E-state index contributed by atoms with van der Waals surface area (Å²) < 4.78 is 53.7. The number of likely N-dealkylation sites (tertiary alicyclic amines) is 1. The normalized spacial score (nSPS) is 22.7. The van der Waals surface area contributed by atoms with Gasteiger partial charge in [-0.05, 0) is 36.1 Å². The number of hydrogen-bond donors (Lipinski definition) is 2. The average Bonchev–Trinajstić information content (AvgIpc) is 3.64. The Morgan fingerprint density at radius 2 is 1.93 bits per heavy atom. The van der Waals surface area contributed by atoms with Gasteiger partial charge in [0.1, 0.15) is 6.04 Å². The van der Waals surface area contributed by atoms with Gasteiger partial charge in [-0.25, -0.2) is 4.98 Å². The lowest BCUT2D eigenvalue weighted by atomic mass is 10.0. The van der Waals surface area contributed by atoms with Gasteiger partial charge in [-0.15, -0.1) is 0 Å². The Hall–Kier alpha value is -3.39. The maximum absolute atomic E-state index is 13.0. The summed E-state index contributed by atoms with van der Waals surface area (Å²) in [6, 6.07) is 13.1. The molecule has 0 radical (unpaired) electrons. The molecule has 9 nitrogen and oxygen atoms in total. The molecule has 3 aromatic rings. The standard InChI is InChI=1S/C29H31F3N4O5S/c1-35-13-11-33-28(35)42-17-22-15-24(19-9-7-18(16-37)8-10-19)41-26(40-22)20-4-2-5-21(14-20)34-25(38)23-6-3-12-36(23)27(39)29(30,31)32/h2,4-5,7-11,13-14,22-24,26,37H,3,6,12,15-17H2,1H3,(H,34,38)/t22-,23+,24+,26+/m1/s1. The summed E-state index contributed by atoms with van der Waals surface area (Å²) in [4.78, 5) is 29.7. The highest BCUT2D eigenvalue weighted by Gasteiger charge is 2.47. The number of imidazole rings is 1. The molecule has 2 fully saturated rings. The first-order valence-corrected chi connectivity index (χ1v) is 14.5. The number of aliphatic hydroxyl groups is 1. The highest BCUT2D eigenvalue weighted by Crippen LogP contribution is 2.40. The van der Waals surface area contributed by atoms with Gasteiger partial charge in [0.2, 0.25) is 5.91 Å². The first-order valence-electron chi connectivity index (χ1n) is 13.5. The maximum atomic E-state index is 13.0. The fraction of sp³-hybridized carbons (Fsp3) is 0.414. The van der Waals surface area contributed by atoms with Crippen molar-refractivity contribution < 1.29 is 37.3 Å². The van der Waals surface area contributed by atoms with Crippen LogP contribution in [0.1, 0.15) is 48.3 Å². The van der Waals surface area contributed by atoms with Crippen LogP contribution in [0.4, 0.5) is 18.9 Å². The lowest BCUT2D eigenvalue weighted by Gasteiger charge is -2.36. The van der Waals surface area contributed by atoms with Crippen molar-refractivity contribution in [1.82, 2.24) is 14.5 Å². The molecule has 2 saturated heterocycles. The summed E-state index contributed by atoms with van der Waals surface area (Å²) in [7, 11) is 1.91. The van der Waals surface area contributed by atoms with Crippen molar-refractivity contribution in [2.24, 2.45) is 7.05 Å². The number of anilines is 1. The monoisotopic (exact) mass is 604 g/mol. The molecule has 0 bridgehead atoms. The molecule has 0 unspecified atom stereocenters. The van der Waals surface area contributed by atoms with Crippen LogP contribution in [0.5, 0.6) is 0 Å². The van der Waals surface area contributed by atoms with Crippen molar-refractivity contribution in [3.8, 4) is 0 Å². The number of aryl methyl sites for hydroxylation is 1. The average molecular weight is 605 g/mol. The van der Waals surface area contributed by atoms with Gasteiger partial charge >= 0.3 is 12.1 Å². The zero-order valence-corrected chi connectivity index (χ0v) is 23.6.